The van der Waals surface area contributed by atoms with Crippen molar-refractivity contribution in [3.05, 3.63) is 24.0 Å². The van der Waals surface area contributed by atoms with Crippen LogP contribution in [0.3, 0.4) is 0 Å². The molecule has 0 bridgehead atoms. The summed E-state index contributed by atoms with van der Waals surface area (Å²) in [5.74, 6) is -0.344. The highest BCUT2D eigenvalue weighted by Crippen LogP contribution is 2.22. The van der Waals surface area contributed by atoms with Crippen LogP contribution in [0, 0.1) is 11.7 Å². The topological polar surface area (TPSA) is 78.6 Å². The minimum Gasteiger partial charge on any atom is -0.490 e. The zero-order valence-electron chi connectivity index (χ0n) is 10.3. The standard InChI is InChI=1S/C12H16FNO4S/c13-11-7-10(19(14,15)16)1-2-12(11)18-8-9-3-5-17-6-4-9/h1-2,7,9H,3-6,8H2,(H2,14,15,16). The lowest BCUT2D eigenvalue weighted by molar-refractivity contribution is 0.0491. The van der Waals surface area contributed by atoms with E-state index in [0.29, 0.717) is 25.7 Å². The normalized spacial score (nSPS) is 17.4. The molecule has 2 N–H and O–H groups in total. The molecule has 106 valence electrons. The molecule has 0 radical (unpaired) electrons. The quantitative estimate of drug-likeness (QED) is 0.905. The molecule has 19 heavy (non-hydrogen) atoms. The maximum atomic E-state index is 13.7. The van der Waals surface area contributed by atoms with E-state index < -0.39 is 15.8 Å². The van der Waals surface area contributed by atoms with Crippen LogP contribution in [0.15, 0.2) is 23.1 Å². The van der Waals surface area contributed by atoms with Crippen LogP contribution in [0.5, 0.6) is 5.75 Å². The Hall–Kier alpha value is -1.18. The Bertz CT molecular complexity index is 541. The van der Waals surface area contributed by atoms with E-state index in [1.807, 2.05) is 0 Å². The number of hydrogen-bond donors (Lipinski definition) is 1. The van der Waals surface area contributed by atoms with Gasteiger partial charge in [0.15, 0.2) is 11.6 Å². The zero-order chi connectivity index (χ0) is 13.9. The fourth-order valence-corrected chi connectivity index (χ4v) is 2.42. The molecule has 1 aliphatic heterocycles. The summed E-state index contributed by atoms with van der Waals surface area (Å²) in [5, 5.41) is 4.92. The molecular weight excluding hydrogens is 273 g/mol. The number of primary sulfonamides is 1. The van der Waals surface area contributed by atoms with Gasteiger partial charge in [-0.05, 0) is 37.0 Å². The summed E-state index contributed by atoms with van der Waals surface area (Å²) in [5.41, 5.74) is 0. The fourth-order valence-electron chi connectivity index (χ4n) is 1.90. The molecule has 1 fully saturated rings. The molecule has 5 nitrogen and oxygen atoms in total. The van der Waals surface area contributed by atoms with E-state index in [0.717, 1.165) is 18.9 Å². The second-order valence-electron chi connectivity index (χ2n) is 4.50. The van der Waals surface area contributed by atoms with Crippen molar-refractivity contribution < 1.29 is 22.3 Å². The van der Waals surface area contributed by atoms with E-state index in [9.17, 15) is 12.8 Å². The average Bonchev–Trinajstić information content (AvgIpc) is 2.37. The first-order valence-corrected chi connectivity index (χ1v) is 7.54. The average molecular weight is 289 g/mol. The van der Waals surface area contributed by atoms with Crippen LogP contribution in [0.2, 0.25) is 0 Å². The minimum absolute atomic E-state index is 0.0406. The van der Waals surface area contributed by atoms with E-state index in [4.69, 9.17) is 14.6 Å². The molecule has 1 aromatic carbocycles. The highest BCUT2D eigenvalue weighted by atomic mass is 32.2. The van der Waals surface area contributed by atoms with Crippen molar-refractivity contribution in [1.82, 2.24) is 0 Å². The van der Waals surface area contributed by atoms with Crippen LogP contribution < -0.4 is 9.88 Å². The Morgan fingerprint density at radius 3 is 2.63 bits per heavy atom. The van der Waals surface area contributed by atoms with E-state index >= 15 is 0 Å². The summed E-state index contributed by atoms with van der Waals surface area (Å²) in [6.07, 6.45) is 1.77. The summed E-state index contributed by atoms with van der Waals surface area (Å²) >= 11 is 0. The largest absolute Gasteiger partial charge is 0.490 e. The Labute approximate surface area is 111 Å². The van der Waals surface area contributed by atoms with E-state index in [1.165, 1.54) is 12.1 Å². The molecule has 1 aromatic rings. The third-order valence-electron chi connectivity index (χ3n) is 3.05. The van der Waals surface area contributed by atoms with Gasteiger partial charge in [0.1, 0.15) is 0 Å². The predicted octanol–water partition coefficient (Wildman–Crippen LogP) is 1.28. The van der Waals surface area contributed by atoms with Gasteiger partial charge in [0, 0.05) is 13.2 Å². The van der Waals surface area contributed by atoms with Crippen molar-refractivity contribution in [2.45, 2.75) is 17.7 Å². The van der Waals surface area contributed by atoms with Gasteiger partial charge in [-0.25, -0.2) is 17.9 Å². The summed E-state index contributed by atoms with van der Waals surface area (Å²) in [6.45, 7) is 1.79. The van der Waals surface area contributed by atoms with Crippen molar-refractivity contribution in [1.29, 1.82) is 0 Å². The fraction of sp³-hybridized carbons (Fsp3) is 0.500. The summed E-state index contributed by atoms with van der Waals surface area (Å²) in [6, 6.07) is 3.39. The predicted molar refractivity (Wildman–Crippen MR) is 66.8 cm³/mol. The molecule has 0 saturated carbocycles. The van der Waals surface area contributed by atoms with Crippen LogP contribution in [-0.4, -0.2) is 28.2 Å². The Kier molecular flexibility index (Phi) is 4.38. The molecule has 0 aliphatic carbocycles. The van der Waals surface area contributed by atoms with Crippen LogP contribution in [0.25, 0.3) is 0 Å². The number of hydrogen-bond acceptors (Lipinski definition) is 4. The molecule has 7 heteroatoms. The SMILES string of the molecule is NS(=O)(=O)c1ccc(OCC2CCOCC2)c(F)c1. The molecule has 1 aliphatic rings. The molecule has 2 rings (SSSR count). The smallest absolute Gasteiger partial charge is 0.238 e. The lowest BCUT2D eigenvalue weighted by atomic mass is 10.0. The van der Waals surface area contributed by atoms with E-state index in [1.54, 1.807) is 0 Å². The third kappa shape index (κ3) is 3.89. The van der Waals surface area contributed by atoms with Crippen molar-refractivity contribution in [2.75, 3.05) is 19.8 Å². The lowest BCUT2D eigenvalue weighted by Crippen LogP contribution is -2.21. The van der Waals surface area contributed by atoms with Crippen LogP contribution in [-0.2, 0) is 14.8 Å². The third-order valence-corrected chi connectivity index (χ3v) is 3.96. The van der Waals surface area contributed by atoms with Crippen molar-refractivity contribution >= 4 is 10.0 Å². The number of ether oxygens (including phenoxy) is 2. The lowest BCUT2D eigenvalue weighted by Gasteiger charge is -2.22. The van der Waals surface area contributed by atoms with E-state index in [2.05, 4.69) is 0 Å². The maximum absolute atomic E-state index is 13.7. The van der Waals surface area contributed by atoms with Gasteiger partial charge in [-0.15, -0.1) is 0 Å². The first kappa shape index (κ1) is 14.2. The number of sulfonamides is 1. The molecule has 1 saturated heterocycles. The Balaban J connectivity index is 2.01. The van der Waals surface area contributed by atoms with Crippen molar-refractivity contribution in [2.24, 2.45) is 11.1 Å². The van der Waals surface area contributed by atoms with Gasteiger partial charge in [-0.3, -0.25) is 0 Å². The number of halogens is 1. The molecule has 0 aromatic heterocycles. The highest BCUT2D eigenvalue weighted by molar-refractivity contribution is 7.89. The van der Waals surface area contributed by atoms with Gasteiger partial charge in [-0.1, -0.05) is 0 Å². The number of rotatable bonds is 4. The zero-order valence-corrected chi connectivity index (χ0v) is 11.2. The second kappa shape index (κ2) is 5.85. The Morgan fingerprint density at radius 2 is 2.05 bits per heavy atom. The van der Waals surface area contributed by atoms with Gasteiger partial charge in [0.05, 0.1) is 11.5 Å². The van der Waals surface area contributed by atoms with Gasteiger partial charge >= 0.3 is 0 Å². The van der Waals surface area contributed by atoms with Gasteiger partial charge in [-0.2, -0.15) is 0 Å². The summed E-state index contributed by atoms with van der Waals surface area (Å²) < 4.78 is 46.4. The maximum Gasteiger partial charge on any atom is 0.238 e. The van der Waals surface area contributed by atoms with Crippen LogP contribution >= 0.6 is 0 Å². The van der Waals surface area contributed by atoms with Crippen LogP contribution in [0.4, 0.5) is 4.39 Å². The van der Waals surface area contributed by atoms with Crippen molar-refractivity contribution in [3.63, 3.8) is 0 Å². The van der Waals surface area contributed by atoms with Crippen molar-refractivity contribution in [3.8, 4) is 5.75 Å². The first-order chi connectivity index (χ1) is 8.97. The monoisotopic (exact) mass is 289 g/mol. The molecule has 1 heterocycles. The number of nitrogens with two attached hydrogens (primary N) is 1. The molecule has 0 atom stereocenters. The molecule has 0 amide bonds. The highest BCUT2D eigenvalue weighted by Gasteiger charge is 2.16. The number of benzene rings is 1. The summed E-state index contributed by atoms with van der Waals surface area (Å²) in [4.78, 5) is -0.261. The van der Waals surface area contributed by atoms with Gasteiger partial charge < -0.3 is 9.47 Å². The Morgan fingerprint density at radius 1 is 1.37 bits per heavy atom. The summed E-state index contributed by atoms with van der Waals surface area (Å²) in [7, 11) is -3.89. The van der Waals surface area contributed by atoms with E-state index in [-0.39, 0.29) is 10.6 Å². The van der Waals surface area contributed by atoms with Gasteiger partial charge in [0.2, 0.25) is 10.0 Å². The molecular formula is C12H16FNO4S. The van der Waals surface area contributed by atoms with Crippen LogP contribution in [0.1, 0.15) is 12.8 Å². The first-order valence-electron chi connectivity index (χ1n) is 6.00. The van der Waals surface area contributed by atoms with Gasteiger partial charge in [0.25, 0.3) is 0 Å². The minimum atomic E-state index is -3.89. The molecule has 0 unspecified atom stereocenters. The molecule has 0 spiro atoms. The second-order valence-corrected chi connectivity index (χ2v) is 6.07.